The fraction of sp³-hybridized carbons (Fsp3) is 0.111. The van der Waals surface area contributed by atoms with Crippen LogP contribution in [0, 0.1) is 11.8 Å². The highest BCUT2D eigenvalue weighted by atomic mass is 16.3. The molecule has 1 N–H and O–H groups in total. The third kappa shape index (κ3) is 2.90. The Morgan fingerprint density at radius 2 is 1.55 bits per heavy atom. The molecule has 0 bridgehead atoms. The van der Waals surface area contributed by atoms with Crippen molar-refractivity contribution in [3.05, 3.63) is 84.4 Å². The van der Waals surface area contributed by atoms with Crippen LogP contribution in [0.2, 0.25) is 0 Å². The molecule has 0 saturated carbocycles. The van der Waals surface area contributed by atoms with Crippen molar-refractivity contribution in [1.29, 1.82) is 0 Å². The van der Waals surface area contributed by atoms with Crippen LogP contribution in [0.3, 0.4) is 0 Å². The Kier molecular flexibility index (Phi) is 3.99. The Morgan fingerprint density at radius 1 is 0.955 bits per heavy atom. The van der Waals surface area contributed by atoms with Gasteiger partial charge in [-0.15, -0.1) is 0 Å². The lowest BCUT2D eigenvalue weighted by Crippen LogP contribution is -2.25. The summed E-state index contributed by atoms with van der Waals surface area (Å²) in [5.74, 6) is 5.97. The van der Waals surface area contributed by atoms with Gasteiger partial charge in [0.2, 0.25) is 0 Å². The van der Waals surface area contributed by atoms with Crippen LogP contribution in [0.1, 0.15) is 11.1 Å². The van der Waals surface area contributed by atoms with Crippen molar-refractivity contribution in [2.45, 2.75) is 12.1 Å². The molecule has 1 heterocycles. The summed E-state index contributed by atoms with van der Waals surface area (Å²) < 4.78 is 1.61. The average Bonchev–Trinajstić information content (AvgIpc) is 3.10. The lowest BCUT2D eigenvalue weighted by molar-refractivity contribution is 0.145. The summed E-state index contributed by atoms with van der Waals surface area (Å²) in [5, 5.41) is 15.2. The summed E-state index contributed by atoms with van der Waals surface area (Å²) in [6.07, 6.45) is 3.06. The molecular weight excluding hydrogens is 274 g/mol. The average molecular weight is 289 g/mol. The predicted octanol–water partition coefficient (Wildman–Crippen LogP) is 2.22. The molecule has 3 rings (SSSR count). The van der Waals surface area contributed by atoms with Gasteiger partial charge in [0.05, 0.1) is 0 Å². The first-order valence-corrected chi connectivity index (χ1v) is 6.95. The molecule has 0 saturated heterocycles. The zero-order valence-corrected chi connectivity index (χ0v) is 11.9. The van der Waals surface area contributed by atoms with E-state index in [9.17, 15) is 5.11 Å². The van der Waals surface area contributed by atoms with Gasteiger partial charge in [-0.1, -0.05) is 72.5 Å². The minimum Gasteiger partial charge on any atom is -0.369 e. The van der Waals surface area contributed by atoms with E-state index in [2.05, 4.69) is 21.9 Å². The zero-order valence-electron chi connectivity index (χ0n) is 11.9. The van der Waals surface area contributed by atoms with Gasteiger partial charge < -0.3 is 5.11 Å². The Balaban J connectivity index is 1.99. The summed E-state index contributed by atoms with van der Waals surface area (Å²) in [7, 11) is 0. The molecule has 4 heteroatoms. The van der Waals surface area contributed by atoms with Crippen molar-refractivity contribution in [2.75, 3.05) is 0 Å². The quantitative estimate of drug-likeness (QED) is 0.752. The number of rotatable bonds is 3. The molecule has 1 aromatic heterocycles. The maximum Gasteiger partial charge on any atom is 0.176 e. The van der Waals surface area contributed by atoms with Gasteiger partial charge in [0, 0.05) is 11.1 Å². The van der Waals surface area contributed by atoms with Gasteiger partial charge in [-0.3, -0.25) is 0 Å². The molecular formula is C18H15N3O. The number of aromatic nitrogens is 3. The highest BCUT2D eigenvalue weighted by Gasteiger charge is 2.28. The fourth-order valence-electron chi connectivity index (χ4n) is 2.23. The van der Waals surface area contributed by atoms with E-state index in [1.807, 2.05) is 60.7 Å². The number of hydrogen-bond acceptors (Lipinski definition) is 3. The van der Waals surface area contributed by atoms with Gasteiger partial charge in [-0.05, 0) is 0 Å². The van der Waals surface area contributed by atoms with Gasteiger partial charge in [-0.25, -0.2) is 9.67 Å². The standard InChI is InChI=1S/C18H15N3O/c22-18(16-8-3-1-4-9-16,17-10-5-2-6-11-17)12-7-13-21-15-19-14-20-21/h1-6,8-11,14-15,22H,13H2. The SMILES string of the molecule is OC(C#CCn1cncn1)(c1ccccc1)c1ccccc1. The predicted molar refractivity (Wildman–Crippen MR) is 83.7 cm³/mol. The molecule has 0 spiro atoms. The molecule has 4 nitrogen and oxygen atoms in total. The molecule has 0 fully saturated rings. The maximum atomic E-state index is 11.2. The lowest BCUT2D eigenvalue weighted by atomic mass is 9.87. The van der Waals surface area contributed by atoms with Crippen molar-refractivity contribution in [2.24, 2.45) is 0 Å². The van der Waals surface area contributed by atoms with Crippen LogP contribution in [0.4, 0.5) is 0 Å². The van der Waals surface area contributed by atoms with Gasteiger partial charge in [0.25, 0.3) is 0 Å². The molecule has 3 aromatic rings. The van der Waals surface area contributed by atoms with Crippen LogP contribution >= 0.6 is 0 Å². The van der Waals surface area contributed by atoms with E-state index < -0.39 is 5.60 Å². The number of aliphatic hydroxyl groups is 1. The Bertz CT molecular complexity index is 732. The molecule has 0 atom stereocenters. The first-order chi connectivity index (χ1) is 10.8. The first kappa shape index (κ1) is 14.1. The van der Waals surface area contributed by atoms with Crippen molar-refractivity contribution in [3.63, 3.8) is 0 Å². The second kappa shape index (κ2) is 6.25. The van der Waals surface area contributed by atoms with E-state index in [4.69, 9.17) is 0 Å². The highest BCUT2D eigenvalue weighted by molar-refractivity contribution is 5.44. The summed E-state index contributed by atoms with van der Waals surface area (Å²) in [5.41, 5.74) is 0.142. The van der Waals surface area contributed by atoms with Crippen LogP contribution in [0.5, 0.6) is 0 Å². The third-order valence-electron chi connectivity index (χ3n) is 3.36. The van der Waals surface area contributed by atoms with Crippen molar-refractivity contribution < 1.29 is 5.11 Å². The Hall–Kier alpha value is -2.90. The fourth-order valence-corrected chi connectivity index (χ4v) is 2.23. The van der Waals surface area contributed by atoms with E-state index in [1.165, 1.54) is 6.33 Å². The minimum atomic E-state index is -1.34. The Labute approximate surface area is 129 Å². The molecule has 2 aromatic carbocycles. The minimum absolute atomic E-state index is 0.377. The van der Waals surface area contributed by atoms with Crippen LogP contribution in [0.25, 0.3) is 0 Å². The van der Waals surface area contributed by atoms with Crippen LogP contribution in [0.15, 0.2) is 73.3 Å². The molecule has 0 amide bonds. The zero-order chi connectivity index (χ0) is 15.3. The van der Waals surface area contributed by atoms with E-state index in [0.717, 1.165) is 11.1 Å². The van der Waals surface area contributed by atoms with Gasteiger partial charge in [0.1, 0.15) is 19.2 Å². The van der Waals surface area contributed by atoms with Gasteiger partial charge in [-0.2, -0.15) is 5.10 Å². The number of benzene rings is 2. The molecule has 0 aliphatic rings. The molecule has 0 aliphatic heterocycles. The van der Waals surface area contributed by atoms with Gasteiger partial charge >= 0.3 is 0 Å². The first-order valence-electron chi connectivity index (χ1n) is 6.95. The van der Waals surface area contributed by atoms with Crippen molar-refractivity contribution >= 4 is 0 Å². The van der Waals surface area contributed by atoms with E-state index >= 15 is 0 Å². The molecule has 0 radical (unpaired) electrons. The van der Waals surface area contributed by atoms with Crippen molar-refractivity contribution in [3.8, 4) is 11.8 Å². The highest BCUT2D eigenvalue weighted by Crippen LogP contribution is 2.28. The van der Waals surface area contributed by atoms with Crippen LogP contribution in [-0.2, 0) is 12.1 Å². The molecule has 0 unspecified atom stereocenters. The largest absolute Gasteiger partial charge is 0.369 e. The third-order valence-corrected chi connectivity index (χ3v) is 3.36. The lowest BCUT2D eigenvalue weighted by Gasteiger charge is -2.23. The van der Waals surface area contributed by atoms with Crippen LogP contribution in [-0.4, -0.2) is 19.9 Å². The molecule has 0 aliphatic carbocycles. The topological polar surface area (TPSA) is 50.9 Å². The second-order valence-corrected chi connectivity index (χ2v) is 4.84. The second-order valence-electron chi connectivity index (χ2n) is 4.84. The molecule has 108 valence electrons. The maximum absolute atomic E-state index is 11.2. The summed E-state index contributed by atoms with van der Waals surface area (Å²) in [4.78, 5) is 3.88. The smallest absolute Gasteiger partial charge is 0.176 e. The van der Waals surface area contributed by atoms with E-state index in [1.54, 1.807) is 11.0 Å². The van der Waals surface area contributed by atoms with Crippen LogP contribution < -0.4 is 0 Å². The van der Waals surface area contributed by atoms with E-state index in [-0.39, 0.29) is 0 Å². The monoisotopic (exact) mass is 289 g/mol. The van der Waals surface area contributed by atoms with Gasteiger partial charge in [0.15, 0.2) is 5.60 Å². The number of nitrogens with zero attached hydrogens (tertiary/aromatic N) is 3. The molecule has 22 heavy (non-hydrogen) atoms. The summed E-state index contributed by atoms with van der Waals surface area (Å²) in [6, 6.07) is 18.9. The summed E-state index contributed by atoms with van der Waals surface area (Å²) in [6.45, 7) is 0.377. The Morgan fingerprint density at radius 3 is 2.05 bits per heavy atom. The summed E-state index contributed by atoms with van der Waals surface area (Å²) >= 11 is 0. The number of hydrogen-bond donors (Lipinski definition) is 1. The van der Waals surface area contributed by atoms with Crippen molar-refractivity contribution in [1.82, 2.24) is 14.8 Å². The normalized spacial score (nSPS) is 10.8. The van der Waals surface area contributed by atoms with E-state index in [0.29, 0.717) is 6.54 Å².